The number of carbonyl (C=O) groups is 1. The molecule has 0 N–H and O–H groups in total. The van der Waals surface area contributed by atoms with Crippen molar-refractivity contribution in [3.63, 3.8) is 0 Å². The van der Waals surface area contributed by atoms with Gasteiger partial charge in [0.2, 0.25) is 0 Å². The highest BCUT2D eigenvalue weighted by Gasteiger charge is 2.20. The van der Waals surface area contributed by atoms with E-state index in [0.29, 0.717) is 6.42 Å². The summed E-state index contributed by atoms with van der Waals surface area (Å²) in [5.74, 6) is -0.182. The molecular formula is C22H16FNOS2. The molecule has 0 bridgehead atoms. The van der Waals surface area contributed by atoms with Crippen molar-refractivity contribution in [1.82, 2.24) is 4.98 Å². The smallest absolute Gasteiger partial charge is 0.174 e. The molecule has 0 unspecified atom stereocenters. The quantitative estimate of drug-likeness (QED) is 0.275. The van der Waals surface area contributed by atoms with Crippen LogP contribution in [0.15, 0.2) is 83.2 Å². The van der Waals surface area contributed by atoms with Crippen molar-refractivity contribution in [1.29, 1.82) is 0 Å². The molecule has 0 spiro atoms. The number of ketones is 1. The van der Waals surface area contributed by atoms with E-state index in [1.54, 1.807) is 30.1 Å². The van der Waals surface area contributed by atoms with Crippen LogP contribution in [-0.2, 0) is 0 Å². The van der Waals surface area contributed by atoms with E-state index in [1.807, 2.05) is 47.8 Å². The predicted octanol–water partition coefficient (Wildman–Crippen LogP) is 6.54. The van der Waals surface area contributed by atoms with E-state index in [1.165, 1.54) is 23.5 Å². The summed E-state index contributed by atoms with van der Waals surface area (Å²) in [4.78, 5) is 19.0. The van der Waals surface area contributed by atoms with E-state index >= 15 is 0 Å². The van der Waals surface area contributed by atoms with Crippen molar-refractivity contribution in [2.45, 2.75) is 16.6 Å². The van der Waals surface area contributed by atoms with E-state index in [4.69, 9.17) is 0 Å². The third kappa shape index (κ3) is 4.10. The van der Waals surface area contributed by atoms with E-state index in [-0.39, 0.29) is 16.9 Å². The molecule has 5 heteroatoms. The molecule has 0 saturated carbocycles. The molecule has 27 heavy (non-hydrogen) atoms. The average molecular weight is 394 g/mol. The van der Waals surface area contributed by atoms with E-state index in [0.717, 1.165) is 26.2 Å². The largest absolute Gasteiger partial charge is 0.293 e. The topological polar surface area (TPSA) is 30.0 Å². The number of rotatable bonds is 6. The number of aromatic nitrogens is 1. The molecule has 0 aliphatic carbocycles. The molecule has 2 aromatic carbocycles. The Morgan fingerprint density at radius 3 is 2.63 bits per heavy atom. The van der Waals surface area contributed by atoms with Gasteiger partial charge in [0, 0.05) is 28.1 Å². The zero-order valence-corrected chi connectivity index (χ0v) is 16.0. The number of benzene rings is 2. The molecule has 0 radical (unpaired) electrons. The van der Waals surface area contributed by atoms with E-state index < -0.39 is 0 Å². The lowest BCUT2D eigenvalue weighted by Crippen LogP contribution is -2.04. The summed E-state index contributed by atoms with van der Waals surface area (Å²) >= 11 is 3.05. The van der Waals surface area contributed by atoms with Crippen molar-refractivity contribution in [3.05, 3.63) is 94.6 Å². The number of hydrogen-bond acceptors (Lipinski definition) is 4. The first kappa shape index (κ1) is 17.9. The number of fused-ring (bicyclic) bond motifs is 1. The van der Waals surface area contributed by atoms with Crippen LogP contribution < -0.4 is 0 Å². The van der Waals surface area contributed by atoms with Crippen LogP contribution in [0.2, 0.25) is 0 Å². The first-order chi connectivity index (χ1) is 13.2. The summed E-state index contributed by atoms with van der Waals surface area (Å²) in [6.45, 7) is 0. The first-order valence-electron chi connectivity index (χ1n) is 8.53. The molecular weight excluding hydrogens is 377 g/mol. The number of nitrogens with zero attached hydrogens (tertiary/aromatic N) is 1. The minimum Gasteiger partial charge on any atom is -0.293 e. The van der Waals surface area contributed by atoms with E-state index in [9.17, 15) is 9.18 Å². The summed E-state index contributed by atoms with van der Waals surface area (Å²) in [5, 5.41) is 2.85. The second kappa shape index (κ2) is 8.03. The molecule has 134 valence electrons. The fourth-order valence-corrected chi connectivity index (χ4v) is 4.89. The third-order valence-electron chi connectivity index (χ3n) is 4.27. The molecule has 4 aromatic rings. The summed E-state index contributed by atoms with van der Waals surface area (Å²) in [6, 6.07) is 20.1. The van der Waals surface area contributed by atoms with Crippen LogP contribution in [0.4, 0.5) is 4.39 Å². The summed E-state index contributed by atoms with van der Waals surface area (Å²) in [5.41, 5.74) is 1.85. The zero-order chi connectivity index (χ0) is 18.6. The van der Waals surface area contributed by atoms with Crippen molar-refractivity contribution < 1.29 is 9.18 Å². The van der Waals surface area contributed by atoms with Crippen molar-refractivity contribution >= 4 is 39.8 Å². The maximum Gasteiger partial charge on any atom is 0.174 e. The number of pyridine rings is 1. The van der Waals surface area contributed by atoms with Crippen LogP contribution in [0.5, 0.6) is 0 Å². The van der Waals surface area contributed by atoms with Gasteiger partial charge < -0.3 is 0 Å². The van der Waals surface area contributed by atoms with Gasteiger partial charge in [-0.15, -0.1) is 23.1 Å². The zero-order valence-electron chi connectivity index (χ0n) is 14.3. The monoisotopic (exact) mass is 393 g/mol. The number of thiophene rings is 1. The van der Waals surface area contributed by atoms with Gasteiger partial charge in [-0.25, -0.2) is 4.39 Å². The molecule has 0 saturated heterocycles. The minimum absolute atomic E-state index is 0.0972. The number of Topliss-reactive ketones (excluding diaryl/α,β-unsaturated/α-hetero) is 1. The Bertz CT molecular complexity index is 1060. The van der Waals surface area contributed by atoms with Crippen molar-refractivity contribution in [3.8, 4) is 0 Å². The number of halogens is 1. The molecule has 2 aromatic heterocycles. The van der Waals surface area contributed by atoms with Crippen LogP contribution >= 0.6 is 23.1 Å². The summed E-state index contributed by atoms with van der Waals surface area (Å²) in [6.07, 6.45) is 2.12. The standard InChI is InChI=1S/C22H16FNOS2/c23-17-10-8-15(9-11-17)21(14-18(25)19-7-3-13-26-19)27-20-6-1-4-16-5-2-12-24-22(16)20/h1-13,21H,14H2/t21-/m1/s1. The first-order valence-corrected chi connectivity index (χ1v) is 10.3. The van der Waals surface area contributed by atoms with Crippen LogP contribution in [0.1, 0.15) is 26.9 Å². The molecule has 2 nitrogen and oxygen atoms in total. The fourth-order valence-electron chi connectivity index (χ4n) is 2.94. The Hall–Kier alpha value is -2.50. The van der Waals surface area contributed by atoms with E-state index in [2.05, 4.69) is 4.98 Å². The summed E-state index contributed by atoms with van der Waals surface area (Å²) < 4.78 is 13.4. The summed E-state index contributed by atoms with van der Waals surface area (Å²) in [7, 11) is 0. The van der Waals surface area contributed by atoms with Gasteiger partial charge in [0.15, 0.2) is 5.78 Å². The SMILES string of the molecule is O=C(C[C@@H](Sc1cccc2cccnc12)c1ccc(F)cc1)c1cccs1. The van der Waals surface area contributed by atoms with Gasteiger partial charge in [0.25, 0.3) is 0 Å². The van der Waals surface area contributed by atoms with Gasteiger partial charge in [-0.05, 0) is 41.3 Å². The van der Waals surface area contributed by atoms with Gasteiger partial charge in [-0.3, -0.25) is 9.78 Å². The van der Waals surface area contributed by atoms with Crippen LogP contribution in [0.3, 0.4) is 0 Å². The Labute approximate surface area is 165 Å². The van der Waals surface area contributed by atoms with Gasteiger partial charge in [0.05, 0.1) is 10.4 Å². The number of carbonyl (C=O) groups excluding carboxylic acids is 1. The predicted molar refractivity (Wildman–Crippen MR) is 110 cm³/mol. The highest BCUT2D eigenvalue weighted by Crippen LogP contribution is 2.41. The number of hydrogen-bond donors (Lipinski definition) is 0. The van der Waals surface area contributed by atoms with Crippen LogP contribution in [-0.4, -0.2) is 10.8 Å². The lowest BCUT2D eigenvalue weighted by atomic mass is 10.1. The lowest BCUT2D eigenvalue weighted by Gasteiger charge is -2.17. The number of para-hydroxylation sites is 1. The molecule has 0 fully saturated rings. The Kier molecular flexibility index (Phi) is 5.32. The molecule has 1 atom stereocenters. The van der Waals surface area contributed by atoms with Gasteiger partial charge in [-0.1, -0.05) is 36.4 Å². The highest BCUT2D eigenvalue weighted by atomic mass is 32.2. The second-order valence-electron chi connectivity index (χ2n) is 6.09. The third-order valence-corrected chi connectivity index (χ3v) is 6.49. The molecule has 0 aliphatic heterocycles. The molecule has 0 aliphatic rings. The maximum atomic E-state index is 13.4. The Morgan fingerprint density at radius 2 is 1.85 bits per heavy atom. The highest BCUT2D eigenvalue weighted by molar-refractivity contribution is 7.99. The van der Waals surface area contributed by atoms with Crippen molar-refractivity contribution in [2.75, 3.05) is 0 Å². The normalized spacial score (nSPS) is 12.2. The van der Waals surface area contributed by atoms with Gasteiger partial charge in [-0.2, -0.15) is 0 Å². The number of thioether (sulfide) groups is 1. The maximum absolute atomic E-state index is 13.4. The van der Waals surface area contributed by atoms with Crippen LogP contribution in [0.25, 0.3) is 10.9 Å². The van der Waals surface area contributed by atoms with Crippen molar-refractivity contribution in [2.24, 2.45) is 0 Å². The van der Waals surface area contributed by atoms with Crippen LogP contribution in [0, 0.1) is 5.82 Å². The Morgan fingerprint density at radius 1 is 1.04 bits per heavy atom. The minimum atomic E-state index is -0.279. The lowest BCUT2D eigenvalue weighted by molar-refractivity contribution is 0.0986. The Balaban J connectivity index is 1.68. The van der Waals surface area contributed by atoms with Gasteiger partial charge >= 0.3 is 0 Å². The molecule has 4 rings (SSSR count). The second-order valence-corrected chi connectivity index (χ2v) is 8.29. The van der Waals surface area contributed by atoms with Gasteiger partial charge in [0.1, 0.15) is 5.82 Å². The molecule has 2 heterocycles. The molecule has 0 amide bonds. The average Bonchev–Trinajstić information content (AvgIpc) is 3.23. The fraction of sp³-hybridized carbons (Fsp3) is 0.0909.